The van der Waals surface area contributed by atoms with E-state index in [2.05, 4.69) is 29.7 Å². The number of nitrogens with zero attached hydrogens (tertiary/aromatic N) is 4. The Hall–Kier alpha value is -2.50. The minimum absolute atomic E-state index is 0.281. The predicted octanol–water partition coefficient (Wildman–Crippen LogP) is 7.28. The Morgan fingerprint density at radius 2 is 1.27 bits per heavy atom. The van der Waals surface area contributed by atoms with Gasteiger partial charge in [0.05, 0.1) is 71.9 Å². The molecule has 12 heteroatoms. The van der Waals surface area contributed by atoms with E-state index in [9.17, 15) is 4.39 Å². The largest absolute Gasteiger partial charge is 0.372 e. The summed E-state index contributed by atoms with van der Waals surface area (Å²) in [7, 11) is 0. The molecule has 44 heavy (non-hydrogen) atoms. The summed E-state index contributed by atoms with van der Waals surface area (Å²) in [6.45, 7) is 6.72. The number of likely N-dealkylation sites (tertiary alicyclic amines) is 2. The van der Waals surface area contributed by atoms with Crippen molar-refractivity contribution in [2.45, 2.75) is 64.2 Å². The van der Waals surface area contributed by atoms with E-state index in [1.165, 1.54) is 12.1 Å². The number of hydrogen-bond acceptors (Lipinski definition) is 6. The maximum Gasteiger partial charge on any atom is 0.124 e. The lowest BCUT2D eigenvalue weighted by atomic mass is 10.1. The standard InChI is InChI=1S/C16H19Cl2N3O.C16H19ClFN3O/c17-15-3-1-2-12(16(15)18)9-21-6-4-14(5-7-21)22-10-13-8-19-11-20-13;17-16-7-13(18)2-1-12(16)9-21-5-3-15(4-6-21)22-10-14-8-19-11-20-14/h1-3,8,11,14H,4-7,9-10H2,(H,19,20);1-2,7-8,11,15H,3-6,9-10H2,(H,19,20). The molecule has 4 aromatic rings. The Balaban J connectivity index is 0.000000175. The highest BCUT2D eigenvalue weighted by Crippen LogP contribution is 2.28. The molecule has 8 nitrogen and oxygen atoms in total. The van der Waals surface area contributed by atoms with Gasteiger partial charge < -0.3 is 19.4 Å². The van der Waals surface area contributed by atoms with E-state index in [4.69, 9.17) is 44.3 Å². The first-order valence-electron chi connectivity index (χ1n) is 14.9. The van der Waals surface area contributed by atoms with Crippen LogP contribution in [0.3, 0.4) is 0 Å². The molecule has 2 fully saturated rings. The van der Waals surface area contributed by atoms with E-state index in [1.54, 1.807) is 31.1 Å². The van der Waals surface area contributed by atoms with Crippen LogP contribution in [0.1, 0.15) is 48.2 Å². The highest BCUT2D eigenvalue weighted by molar-refractivity contribution is 6.42. The lowest BCUT2D eigenvalue weighted by molar-refractivity contribution is -0.00517. The van der Waals surface area contributed by atoms with Gasteiger partial charge in [-0.3, -0.25) is 9.80 Å². The van der Waals surface area contributed by atoms with Crippen molar-refractivity contribution in [3.63, 3.8) is 0 Å². The van der Waals surface area contributed by atoms with Gasteiger partial charge in [-0.15, -0.1) is 0 Å². The molecular weight excluding hydrogens is 626 g/mol. The van der Waals surface area contributed by atoms with Crippen LogP contribution in [0.25, 0.3) is 0 Å². The van der Waals surface area contributed by atoms with Gasteiger partial charge in [0.25, 0.3) is 0 Å². The minimum Gasteiger partial charge on any atom is -0.372 e. The summed E-state index contributed by atoms with van der Waals surface area (Å²) in [6.07, 6.45) is 11.6. The Morgan fingerprint density at radius 3 is 1.77 bits per heavy atom. The van der Waals surface area contributed by atoms with Crippen LogP contribution in [0.5, 0.6) is 0 Å². The summed E-state index contributed by atoms with van der Waals surface area (Å²) in [5, 5.41) is 1.79. The van der Waals surface area contributed by atoms with E-state index >= 15 is 0 Å². The average molecular weight is 664 g/mol. The lowest BCUT2D eigenvalue weighted by Crippen LogP contribution is -2.36. The molecule has 0 saturated carbocycles. The van der Waals surface area contributed by atoms with Gasteiger partial charge >= 0.3 is 0 Å². The van der Waals surface area contributed by atoms with E-state index in [-0.39, 0.29) is 11.9 Å². The van der Waals surface area contributed by atoms with Crippen LogP contribution in [0, 0.1) is 5.82 Å². The Bertz CT molecular complexity index is 1410. The molecule has 0 bridgehead atoms. The van der Waals surface area contributed by atoms with Gasteiger partial charge in [-0.05, 0) is 55.0 Å². The number of piperidine rings is 2. The fraction of sp³-hybridized carbons (Fsp3) is 0.438. The number of aromatic amines is 2. The zero-order valence-electron chi connectivity index (χ0n) is 24.5. The second-order valence-corrected chi connectivity index (χ2v) is 12.4. The number of hydrogen-bond donors (Lipinski definition) is 2. The number of nitrogens with one attached hydrogen (secondary N) is 2. The van der Waals surface area contributed by atoms with Crippen molar-refractivity contribution < 1.29 is 13.9 Å². The van der Waals surface area contributed by atoms with Gasteiger partial charge in [-0.2, -0.15) is 0 Å². The van der Waals surface area contributed by atoms with Gasteiger partial charge in [0, 0.05) is 44.3 Å². The van der Waals surface area contributed by atoms with Crippen molar-refractivity contribution in [2.24, 2.45) is 0 Å². The maximum atomic E-state index is 13.1. The Labute approximate surface area is 272 Å². The molecular formula is C32H38Cl3FN6O2. The maximum absolute atomic E-state index is 13.1. The SMILES string of the molecule is Clc1cccc(CN2CCC(OCc3cnc[nH]3)CC2)c1Cl.Fc1ccc(CN2CCC(OCc3cnc[nH]3)CC2)c(Cl)c1. The third-order valence-electron chi connectivity index (χ3n) is 7.96. The van der Waals surface area contributed by atoms with Gasteiger partial charge in [0.2, 0.25) is 0 Å². The van der Waals surface area contributed by atoms with E-state index < -0.39 is 0 Å². The second kappa shape index (κ2) is 16.7. The summed E-state index contributed by atoms with van der Waals surface area (Å²) < 4.78 is 24.9. The summed E-state index contributed by atoms with van der Waals surface area (Å²) in [5.41, 5.74) is 4.08. The summed E-state index contributed by atoms with van der Waals surface area (Å²) in [6, 6.07) is 10.4. The predicted molar refractivity (Wildman–Crippen MR) is 171 cm³/mol. The van der Waals surface area contributed by atoms with Crippen LogP contribution in [0.15, 0.2) is 61.4 Å². The molecule has 0 unspecified atom stereocenters. The van der Waals surface area contributed by atoms with Crippen molar-refractivity contribution in [1.82, 2.24) is 29.7 Å². The van der Waals surface area contributed by atoms with Crippen LogP contribution in [0.4, 0.5) is 4.39 Å². The fourth-order valence-electron chi connectivity index (χ4n) is 5.41. The molecule has 2 aliphatic heterocycles. The fourth-order valence-corrected chi connectivity index (χ4v) is 6.02. The van der Waals surface area contributed by atoms with E-state index in [0.717, 1.165) is 87.5 Å². The Morgan fingerprint density at radius 1 is 0.727 bits per heavy atom. The average Bonchev–Trinajstić information content (AvgIpc) is 3.76. The number of ether oxygens (including phenoxy) is 2. The third kappa shape index (κ3) is 10.0. The molecule has 2 aromatic carbocycles. The summed E-state index contributed by atoms with van der Waals surface area (Å²) in [5.74, 6) is -0.292. The summed E-state index contributed by atoms with van der Waals surface area (Å²) in [4.78, 5) is 18.8. The quantitative estimate of drug-likeness (QED) is 0.186. The number of halogens is 4. The van der Waals surface area contributed by atoms with Crippen molar-refractivity contribution in [1.29, 1.82) is 0 Å². The van der Waals surface area contributed by atoms with Crippen LogP contribution in [-0.4, -0.2) is 68.1 Å². The molecule has 2 saturated heterocycles. The molecule has 6 rings (SSSR count). The van der Waals surface area contributed by atoms with E-state index in [1.807, 2.05) is 18.2 Å². The zero-order chi connectivity index (χ0) is 30.7. The zero-order valence-corrected chi connectivity index (χ0v) is 26.8. The number of rotatable bonds is 10. The highest BCUT2D eigenvalue weighted by Gasteiger charge is 2.22. The third-order valence-corrected chi connectivity index (χ3v) is 9.17. The van der Waals surface area contributed by atoms with Crippen molar-refractivity contribution >= 4 is 34.8 Å². The summed E-state index contributed by atoms with van der Waals surface area (Å²) >= 11 is 18.4. The first-order valence-corrected chi connectivity index (χ1v) is 16.1. The number of aromatic nitrogens is 4. The smallest absolute Gasteiger partial charge is 0.124 e. The number of imidazole rings is 2. The van der Waals surface area contributed by atoms with E-state index in [0.29, 0.717) is 34.4 Å². The topological polar surface area (TPSA) is 82.3 Å². The van der Waals surface area contributed by atoms with Crippen molar-refractivity contribution in [3.05, 3.63) is 105 Å². The molecule has 2 aliphatic rings. The van der Waals surface area contributed by atoms with Gasteiger partial charge in [0.1, 0.15) is 5.82 Å². The normalized spacial score (nSPS) is 17.0. The lowest BCUT2D eigenvalue weighted by Gasteiger charge is -2.32. The highest BCUT2D eigenvalue weighted by atomic mass is 35.5. The minimum atomic E-state index is -0.292. The van der Waals surface area contributed by atoms with Crippen LogP contribution < -0.4 is 0 Å². The van der Waals surface area contributed by atoms with Gasteiger partial charge in [-0.1, -0.05) is 53.0 Å². The first-order chi connectivity index (χ1) is 21.4. The first kappa shape index (κ1) is 32.9. The van der Waals surface area contributed by atoms with Crippen molar-refractivity contribution in [2.75, 3.05) is 26.2 Å². The van der Waals surface area contributed by atoms with Crippen LogP contribution in [-0.2, 0) is 35.8 Å². The molecule has 2 N–H and O–H groups in total. The molecule has 0 amide bonds. The molecule has 236 valence electrons. The molecule has 0 aliphatic carbocycles. The number of benzene rings is 2. The molecule has 2 aromatic heterocycles. The van der Waals surface area contributed by atoms with Gasteiger partial charge in [-0.25, -0.2) is 14.4 Å². The van der Waals surface area contributed by atoms with Crippen LogP contribution in [0.2, 0.25) is 15.1 Å². The van der Waals surface area contributed by atoms with Gasteiger partial charge in [0.15, 0.2) is 0 Å². The number of H-pyrrole nitrogens is 2. The molecule has 0 radical (unpaired) electrons. The molecule has 0 atom stereocenters. The van der Waals surface area contributed by atoms with Crippen molar-refractivity contribution in [3.8, 4) is 0 Å². The second-order valence-electron chi connectivity index (χ2n) is 11.2. The monoisotopic (exact) mass is 662 g/mol. The Kier molecular flexibility index (Phi) is 12.5. The van der Waals surface area contributed by atoms with Crippen LogP contribution >= 0.6 is 34.8 Å². The molecule has 4 heterocycles. The molecule has 0 spiro atoms.